The van der Waals surface area contributed by atoms with Gasteiger partial charge >= 0.3 is 0 Å². The van der Waals surface area contributed by atoms with Crippen LogP contribution in [0, 0.1) is 0 Å². The van der Waals surface area contributed by atoms with Crippen molar-refractivity contribution >= 4 is 5.69 Å². The normalized spacial score (nSPS) is 10.8. The van der Waals surface area contributed by atoms with Crippen LogP contribution in [-0.2, 0) is 12.8 Å². The molecule has 3 heteroatoms. The predicted octanol–water partition coefficient (Wildman–Crippen LogP) is 2.38. The van der Waals surface area contributed by atoms with Crippen molar-refractivity contribution in [2.75, 3.05) is 25.9 Å². The molecule has 19 heavy (non-hydrogen) atoms. The van der Waals surface area contributed by atoms with E-state index in [4.69, 9.17) is 5.73 Å². The van der Waals surface area contributed by atoms with Crippen LogP contribution in [0.3, 0.4) is 0 Å². The predicted molar refractivity (Wildman–Crippen MR) is 80.0 cm³/mol. The van der Waals surface area contributed by atoms with E-state index >= 15 is 0 Å². The molecule has 2 N–H and O–H groups in total. The molecule has 1 aromatic heterocycles. The number of likely N-dealkylation sites (N-methyl/N-ethyl adjacent to an activating group) is 1. The topological polar surface area (TPSA) is 42.2 Å². The molecule has 3 nitrogen and oxygen atoms in total. The Labute approximate surface area is 115 Å². The van der Waals surface area contributed by atoms with Gasteiger partial charge in [-0.3, -0.25) is 4.98 Å². The zero-order valence-corrected chi connectivity index (χ0v) is 11.4. The third kappa shape index (κ3) is 4.38. The van der Waals surface area contributed by atoms with E-state index in [1.54, 1.807) is 0 Å². The molecular formula is C16H21N3. The van der Waals surface area contributed by atoms with E-state index in [1.807, 2.05) is 36.5 Å². The molecule has 0 saturated carbocycles. The van der Waals surface area contributed by atoms with Gasteiger partial charge in [-0.05, 0) is 37.2 Å². The summed E-state index contributed by atoms with van der Waals surface area (Å²) in [4.78, 5) is 6.66. The molecule has 2 rings (SSSR count). The van der Waals surface area contributed by atoms with Crippen LogP contribution in [0.4, 0.5) is 5.69 Å². The molecular weight excluding hydrogens is 234 g/mol. The van der Waals surface area contributed by atoms with E-state index in [9.17, 15) is 0 Å². The summed E-state index contributed by atoms with van der Waals surface area (Å²) in [5, 5.41) is 0. The van der Waals surface area contributed by atoms with Crippen molar-refractivity contribution in [3.05, 3.63) is 59.9 Å². The Kier molecular flexibility index (Phi) is 4.93. The van der Waals surface area contributed by atoms with Crippen molar-refractivity contribution in [2.24, 2.45) is 0 Å². The van der Waals surface area contributed by atoms with E-state index < -0.39 is 0 Å². The average Bonchev–Trinajstić information content (AvgIpc) is 2.45. The van der Waals surface area contributed by atoms with Gasteiger partial charge in [0.05, 0.1) is 0 Å². The van der Waals surface area contributed by atoms with Gasteiger partial charge in [0.25, 0.3) is 0 Å². The molecule has 0 aliphatic heterocycles. The van der Waals surface area contributed by atoms with Gasteiger partial charge in [0.15, 0.2) is 0 Å². The van der Waals surface area contributed by atoms with E-state index in [0.717, 1.165) is 37.3 Å². The highest BCUT2D eigenvalue weighted by Gasteiger charge is 2.02. The highest BCUT2D eigenvalue weighted by Crippen LogP contribution is 2.11. The van der Waals surface area contributed by atoms with E-state index in [2.05, 4.69) is 29.1 Å². The summed E-state index contributed by atoms with van der Waals surface area (Å²) in [6.07, 6.45) is 3.83. The maximum Gasteiger partial charge on any atom is 0.0416 e. The minimum Gasteiger partial charge on any atom is -0.399 e. The van der Waals surface area contributed by atoms with Gasteiger partial charge in [0.1, 0.15) is 0 Å². The van der Waals surface area contributed by atoms with Crippen LogP contribution in [0.1, 0.15) is 11.3 Å². The fraction of sp³-hybridized carbons (Fsp3) is 0.312. The number of anilines is 1. The molecule has 1 aromatic carbocycles. The molecule has 0 aliphatic rings. The number of para-hydroxylation sites is 1. The summed E-state index contributed by atoms with van der Waals surface area (Å²) in [7, 11) is 2.14. The lowest BCUT2D eigenvalue weighted by molar-refractivity contribution is 0.342. The molecule has 0 aliphatic carbocycles. The maximum absolute atomic E-state index is 5.94. The first-order chi connectivity index (χ1) is 9.25. The van der Waals surface area contributed by atoms with Gasteiger partial charge < -0.3 is 10.6 Å². The Morgan fingerprint density at radius 2 is 1.74 bits per heavy atom. The van der Waals surface area contributed by atoms with Crippen molar-refractivity contribution in [2.45, 2.75) is 12.8 Å². The van der Waals surface area contributed by atoms with Crippen LogP contribution < -0.4 is 5.73 Å². The summed E-state index contributed by atoms with van der Waals surface area (Å²) in [6.45, 7) is 2.03. The van der Waals surface area contributed by atoms with Gasteiger partial charge in [-0.1, -0.05) is 24.3 Å². The fourth-order valence-electron chi connectivity index (χ4n) is 2.04. The summed E-state index contributed by atoms with van der Waals surface area (Å²) >= 11 is 0. The first-order valence-electron chi connectivity index (χ1n) is 6.67. The Balaban J connectivity index is 1.76. The smallest absolute Gasteiger partial charge is 0.0416 e. The molecule has 0 fully saturated rings. The highest BCUT2D eigenvalue weighted by molar-refractivity contribution is 5.46. The average molecular weight is 255 g/mol. The number of hydrogen-bond acceptors (Lipinski definition) is 3. The number of hydrogen-bond donors (Lipinski definition) is 1. The number of nitrogens with zero attached hydrogens (tertiary/aromatic N) is 2. The first kappa shape index (κ1) is 13.6. The van der Waals surface area contributed by atoms with Crippen molar-refractivity contribution in [1.82, 2.24) is 9.88 Å². The third-order valence-corrected chi connectivity index (χ3v) is 3.29. The van der Waals surface area contributed by atoms with Gasteiger partial charge in [-0.15, -0.1) is 0 Å². The Hall–Kier alpha value is -1.87. The molecule has 100 valence electrons. The Morgan fingerprint density at radius 3 is 2.47 bits per heavy atom. The van der Waals surface area contributed by atoms with Crippen molar-refractivity contribution in [3.8, 4) is 0 Å². The van der Waals surface area contributed by atoms with Crippen molar-refractivity contribution < 1.29 is 0 Å². The van der Waals surface area contributed by atoms with E-state index in [1.165, 1.54) is 5.56 Å². The second kappa shape index (κ2) is 6.90. The maximum atomic E-state index is 5.94. The molecule has 0 saturated heterocycles. The van der Waals surface area contributed by atoms with Gasteiger partial charge in [-0.2, -0.15) is 0 Å². The molecule has 0 atom stereocenters. The van der Waals surface area contributed by atoms with E-state index in [-0.39, 0.29) is 0 Å². The summed E-state index contributed by atoms with van der Waals surface area (Å²) in [5.74, 6) is 0. The zero-order chi connectivity index (χ0) is 13.5. The second-order valence-electron chi connectivity index (χ2n) is 4.82. The first-order valence-corrected chi connectivity index (χ1v) is 6.67. The number of pyridine rings is 1. The molecule has 0 amide bonds. The van der Waals surface area contributed by atoms with Gasteiger partial charge in [0.2, 0.25) is 0 Å². The molecule has 0 bridgehead atoms. The molecule has 2 aromatic rings. The Bertz CT molecular complexity index is 496. The largest absolute Gasteiger partial charge is 0.399 e. The van der Waals surface area contributed by atoms with Crippen LogP contribution in [0.5, 0.6) is 0 Å². The summed E-state index contributed by atoms with van der Waals surface area (Å²) in [5.41, 5.74) is 9.21. The number of rotatable bonds is 6. The summed E-state index contributed by atoms with van der Waals surface area (Å²) < 4.78 is 0. The van der Waals surface area contributed by atoms with Crippen LogP contribution in [0.25, 0.3) is 0 Å². The standard InChI is InChI=1S/C16H21N3/c1-19(13-10-15-7-4-5-11-18-15)12-9-14-6-2-3-8-16(14)17/h2-8,11H,9-10,12-13,17H2,1H3. The third-order valence-electron chi connectivity index (χ3n) is 3.29. The molecule has 1 heterocycles. The molecule has 0 radical (unpaired) electrons. The second-order valence-corrected chi connectivity index (χ2v) is 4.82. The summed E-state index contributed by atoms with van der Waals surface area (Å²) in [6, 6.07) is 14.1. The fourth-order valence-corrected chi connectivity index (χ4v) is 2.04. The monoisotopic (exact) mass is 255 g/mol. The quantitative estimate of drug-likeness (QED) is 0.806. The SMILES string of the molecule is CN(CCc1ccccn1)CCc1ccccc1N. The molecule has 0 unspecified atom stereocenters. The van der Waals surface area contributed by atoms with Crippen LogP contribution in [0.15, 0.2) is 48.7 Å². The van der Waals surface area contributed by atoms with Crippen molar-refractivity contribution in [1.29, 1.82) is 0 Å². The van der Waals surface area contributed by atoms with Crippen molar-refractivity contribution in [3.63, 3.8) is 0 Å². The van der Waals surface area contributed by atoms with Crippen LogP contribution in [-0.4, -0.2) is 30.0 Å². The van der Waals surface area contributed by atoms with Gasteiger partial charge in [-0.25, -0.2) is 0 Å². The highest BCUT2D eigenvalue weighted by atomic mass is 15.1. The zero-order valence-electron chi connectivity index (χ0n) is 11.4. The Morgan fingerprint density at radius 1 is 1.00 bits per heavy atom. The number of nitrogens with two attached hydrogens (primary N) is 1. The van der Waals surface area contributed by atoms with Gasteiger partial charge in [0, 0.05) is 37.1 Å². The lowest BCUT2D eigenvalue weighted by atomic mass is 10.1. The number of benzene rings is 1. The lowest BCUT2D eigenvalue weighted by Crippen LogP contribution is -2.24. The minimum atomic E-state index is 0.889. The van der Waals surface area contributed by atoms with Crippen LogP contribution in [0.2, 0.25) is 0 Å². The number of nitrogen functional groups attached to an aromatic ring is 1. The van der Waals surface area contributed by atoms with E-state index in [0.29, 0.717) is 0 Å². The van der Waals surface area contributed by atoms with Crippen LogP contribution >= 0.6 is 0 Å². The lowest BCUT2D eigenvalue weighted by Gasteiger charge is -2.16. The minimum absolute atomic E-state index is 0.889. The number of aromatic nitrogens is 1. The molecule has 0 spiro atoms.